The normalized spacial score (nSPS) is 11.6. The van der Waals surface area contributed by atoms with Crippen LogP contribution in [0.1, 0.15) is 21.5 Å². The number of halogens is 4. The molecule has 0 saturated heterocycles. The van der Waals surface area contributed by atoms with Crippen molar-refractivity contribution < 1.29 is 18.0 Å². The summed E-state index contributed by atoms with van der Waals surface area (Å²) in [6.45, 7) is 0.220. The number of benzene rings is 2. The molecule has 0 unspecified atom stereocenters. The average molecular weight is 445 g/mol. The molecule has 0 spiro atoms. The Hall–Kier alpha value is -3.39. The molecule has 158 valence electrons. The van der Waals surface area contributed by atoms with Crippen LogP contribution in [-0.2, 0) is 19.8 Å². The molecule has 2 aromatic carbocycles. The first-order valence-electron chi connectivity index (χ1n) is 9.26. The van der Waals surface area contributed by atoms with Crippen LogP contribution in [-0.4, -0.2) is 20.7 Å². The van der Waals surface area contributed by atoms with E-state index in [0.717, 1.165) is 17.7 Å². The van der Waals surface area contributed by atoms with Gasteiger partial charge in [-0.25, -0.2) is 4.98 Å². The van der Waals surface area contributed by atoms with Gasteiger partial charge < -0.3 is 5.32 Å². The summed E-state index contributed by atoms with van der Waals surface area (Å²) in [6, 6.07) is 13.4. The third-order valence-corrected chi connectivity index (χ3v) is 5.22. The topological polar surface area (TPSA) is 59.8 Å². The fraction of sp³-hybridized carbons (Fsp3) is 0.136. The number of nitrogens with zero attached hydrogens (tertiary/aromatic N) is 3. The fourth-order valence-electron chi connectivity index (χ4n) is 3.19. The first kappa shape index (κ1) is 20.9. The van der Waals surface area contributed by atoms with Crippen LogP contribution in [0.25, 0.3) is 22.3 Å². The maximum absolute atomic E-state index is 13.0. The van der Waals surface area contributed by atoms with Crippen molar-refractivity contribution in [2.45, 2.75) is 12.7 Å². The molecule has 4 aromatic rings. The largest absolute Gasteiger partial charge is 0.416 e. The SMILES string of the molecule is Cn1ncc2c(C(=O)NCc3ccccc3Cl)cc(-c3ccc(C(F)(F)F)cc3)nc21. The molecule has 9 heteroatoms. The molecule has 0 aliphatic rings. The van der Waals surface area contributed by atoms with Crippen molar-refractivity contribution in [3.8, 4) is 11.3 Å². The van der Waals surface area contributed by atoms with Crippen LogP contribution in [0, 0.1) is 0 Å². The quantitative estimate of drug-likeness (QED) is 0.468. The van der Waals surface area contributed by atoms with Crippen molar-refractivity contribution in [3.63, 3.8) is 0 Å². The van der Waals surface area contributed by atoms with Crippen LogP contribution in [0.5, 0.6) is 0 Å². The van der Waals surface area contributed by atoms with Gasteiger partial charge in [0.15, 0.2) is 5.65 Å². The first-order chi connectivity index (χ1) is 14.7. The van der Waals surface area contributed by atoms with Crippen molar-refractivity contribution >= 4 is 28.5 Å². The Kier molecular flexibility index (Phi) is 5.41. The van der Waals surface area contributed by atoms with Crippen LogP contribution >= 0.6 is 11.6 Å². The predicted octanol–water partition coefficient (Wildman–Crippen LogP) is 5.24. The number of carbonyl (C=O) groups excluding carboxylic acids is 1. The van der Waals surface area contributed by atoms with Crippen molar-refractivity contribution in [1.82, 2.24) is 20.1 Å². The van der Waals surface area contributed by atoms with Crippen LogP contribution in [0.15, 0.2) is 60.8 Å². The summed E-state index contributed by atoms with van der Waals surface area (Å²) in [4.78, 5) is 17.4. The zero-order chi connectivity index (χ0) is 22.2. The van der Waals surface area contributed by atoms with Gasteiger partial charge in [-0.2, -0.15) is 18.3 Å². The number of hydrogen-bond acceptors (Lipinski definition) is 3. The predicted molar refractivity (Wildman–Crippen MR) is 112 cm³/mol. The molecule has 0 aliphatic heterocycles. The highest BCUT2D eigenvalue weighted by atomic mass is 35.5. The lowest BCUT2D eigenvalue weighted by Gasteiger charge is -2.11. The van der Waals surface area contributed by atoms with E-state index < -0.39 is 11.7 Å². The third kappa shape index (κ3) is 4.25. The molecule has 0 atom stereocenters. The minimum Gasteiger partial charge on any atom is -0.348 e. The van der Waals surface area contributed by atoms with Gasteiger partial charge >= 0.3 is 6.18 Å². The summed E-state index contributed by atoms with van der Waals surface area (Å²) in [5.41, 5.74) is 1.59. The van der Waals surface area contributed by atoms with Gasteiger partial charge in [-0.05, 0) is 29.8 Å². The van der Waals surface area contributed by atoms with E-state index in [1.165, 1.54) is 23.0 Å². The Morgan fingerprint density at radius 3 is 2.52 bits per heavy atom. The Bertz CT molecular complexity index is 1270. The van der Waals surface area contributed by atoms with Gasteiger partial charge in [0.1, 0.15) is 0 Å². The summed E-state index contributed by atoms with van der Waals surface area (Å²) < 4.78 is 40.1. The number of rotatable bonds is 4. The van der Waals surface area contributed by atoms with E-state index in [9.17, 15) is 18.0 Å². The number of fused-ring (bicyclic) bond motifs is 1. The lowest BCUT2D eigenvalue weighted by atomic mass is 10.0. The molecule has 31 heavy (non-hydrogen) atoms. The molecule has 1 amide bonds. The highest BCUT2D eigenvalue weighted by Gasteiger charge is 2.30. The fourth-order valence-corrected chi connectivity index (χ4v) is 3.40. The standard InChI is InChI=1S/C22H16ClF3N4O/c1-30-20-17(12-28-30)16(21(31)27-11-14-4-2-3-5-18(14)23)10-19(29-20)13-6-8-15(9-7-13)22(24,25)26/h2-10,12H,11H2,1H3,(H,27,31). The number of nitrogens with one attached hydrogen (secondary N) is 1. The maximum atomic E-state index is 13.0. The number of alkyl halides is 3. The monoisotopic (exact) mass is 444 g/mol. The second-order valence-electron chi connectivity index (χ2n) is 6.91. The molecule has 2 heterocycles. The molecule has 5 nitrogen and oxygen atoms in total. The first-order valence-corrected chi connectivity index (χ1v) is 9.64. The molecule has 0 bridgehead atoms. The smallest absolute Gasteiger partial charge is 0.348 e. The number of amides is 1. The molecule has 2 aromatic heterocycles. The van der Waals surface area contributed by atoms with Gasteiger partial charge in [-0.3, -0.25) is 9.48 Å². The van der Waals surface area contributed by atoms with Gasteiger partial charge in [0.25, 0.3) is 5.91 Å². The number of pyridine rings is 1. The van der Waals surface area contributed by atoms with Gasteiger partial charge in [0.2, 0.25) is 0 Å². The molecule has 0 fully saturated rings. The summed E-state index contributed by atoms with van der Waals surface area (Å²) in [5.74, 6) is -0.367. The second kappa shape index (κ2) is 8.03. The summed E-state index contributed by atoms with van der Waals surface area (Å²) in [5, 5.41) is 8.06. The third-order valence-electron chi connectivity index (χ3n) is 4.85. The van der Waals surface area contributed by atoms with Crippen LogP contribution < -0.4 is 5.32 Å². The van der Waals surface area contributed by atoms with Crippen LogP contribution in [0.4, 0.5) is 13.2 Å². The number of aromatic nitrogens is 3. The van der Waals surface area contributed by atoms with Crippen molar-refractivity contribution in [2.75, 3.05) is 0 Å². The summed E-state index contributed by atoms with van der Waals surface area (Å²) in [7, 11) is 1.68. The van der Waals surface area contributed by atoms with E-state index >= 15 is 0 Å². The van der Waals surface area contributed by atoms with E-state index in [2.05, 4.69) is 15.4 Å². The summed E-state index contributed by atoms with van der Waals surface area (Å²) >= 11 is 6.15. The van der Waals surface area contributed by atoms with E-state index in [-0.39, 0.29) is 12.5 Å². The molecule has 4 rings (SSSR count). The zero-order valence-corrected chi connectivity index (χ0v) is 17.0. The van der Waals surface area contributed by atoms with Gasteiger partial charge in [-0.1, -0.05) is 41.9 Å². The highest BCUT2D eigenvalue weighted by Crippen LogP contribution is 2.31. The second-order valence-corrected chi connectivity index (χ2v) is 7.32. The molecule has 0 aliphatic carbocycles. The molecule has 0 saturated carbocycles. The number of hydrogen-bond donors (Lipinski definition) is 1. The Morgan fingerprint density at radius 2 is 1.84 bits per heavy atom. The van der Waals surface area contributed by atoms with E-state index in [0.29, 0.717) is 32.9 Å². The number of aryl methyl sites for hydroxylation is 1. The Labute approximate surface area is 180 Å². The molecule has 1 N–H and O–H groups in total. The Balaban J connectivity index is 1.70. The lowest BCUT2D eigenvalue weighted by molar-refractivity contribution is -0.137. The van der Waals surface area contributed by atoms with E-state index in [1.807, 2.05) is 12.1 Å². The lowest BCUT2D eigenvalue weighted by Crippen LogP contribution is -2.23. The molecular weight excluding hydrogens is 429 g/mol. The maximum Gasteiger partial charge on any atom is 0.416 e. The number of carbonyl (C=O) groups is 1. The minimum absolute atomic E-state index is 0.220. The Morgan fingerprint density at radius 1 is 1.13 bits per heavy atom. The zero-order valence-electron chi connectivity index (χ0n) is 16.2. The van der Waals surface area contributed by atoms with Crippen molar-refractivity contribution in [1.29, 1.82) is 0 Å². The average Bonchev–Trinajstić information content (AvgIpc) is 3.12. The minimum atomic E-state index is -4.43. The van der Waals surface area contributed by atoms with Gasteiger partial charge in [-0.15, -0.1) is 0 Å². The van der Waals surface area contributed by atoms with Gasteiger partial charge in [0.05, 0.1) is 28.4 Å². The highest BCUT2D eigenvalue weighted by molar-refractivity contribution is 6.31. The van der Waals surface area contributed by atoms with E-state index in [4.69, 9.17) is 11.6 Å². The molecular formula is C22H16ClF3N4O. The van der Waals surface area contributed by atoms with Crippen LogP contribution in [0.2, 0.25) is 5.02 Å². The summed E-state index contributed by atoms with van der Waals surface area (Å²) in [6.07, 6.45) is -2.90. The van der Waals surface area contributed by atoms with Crippen LogP contribution in [0.3, 0.4) is 0 Å². The van der Waals surface area contributed by atoms with Crippen molar-refractivity contribution in [3.05, 3.63) is 82.5 Å². The van der Waals surface area contributed by atoms with E-state index in [1.54, 1.807) is 25.2 Å². The molecule has 0 radical (unpaired) electrons. The van der Waals surface area contributed by atoms with Gasteiger partial charge in [0, 0.05) is 24.2 Å². The van der Waals surface area contributed by atoms with Crippen molar-refractivity contribution in [2.24, 2.45) is 7.05 Å².